The molecule has 0 aliphatic carbocycles. The minimum Gasteiger partial charge on any atom is -0.497 e. The van der Waals surface area contributed by atoms with Crippen molar-refractivity contribution in [2.24, 2.45) is 0 Å². The van der Waals surface area contributed by atoms with E-state index in [-0.39, 0.29) is 0 Å². The highest BCUT2D eigenvalue weighted by atomic mass is 32.2. The Morgan fingerprint density at radius 2 is 1.87 bits per heavy atom. The summed E-state index contributed by atoms with van der Waals surface area (Å²) >= 11 is 3.08. The van der Waals surface area contributed by atoms with Crippen LogP contribution < -0.4 is 4.74 Å². The normalized spacial score (nSPS) is 11.0. The third-order valence-corrected chi connectivity index (χ3v) is 6.08. The van der Waals surface area contributed by atoms with Crippen LogP contribution in [0.5, 0.6) is 5.75 Å². The van der Waals surface area contributed by atoms with Gasteiger partial charge in [-0.25, -0.2) is 0 Å². The lowest BCUT2D eigenvalue weighted by Crippen LogP contribution is -2.00. The van der Waals surface area contributed by atoms with Crippen molar-refractivity contribution in [2.75, 3.05) is 7.11 Å². The number of aromatic nitrogens is 6. The van der Waals surface area contributed by atoms with Gasteiger partial charge in [-0.3, -0.25) is 9.55 Å². The van der Waals surface area contributed by atoms with Crippen LogP contribution in [0.4, 0.5) is 0 Å². The van der Waals surface area contributed by atoms with Crippen molar-refractivity contribution in [1.29, 1.82) is 0 Å². The molecule has 0 unspecified atom stereocenters. The monoisotopic (exact) mass is 448 g/mol. The molecule has 0 radical (unpaired) electrons. The zero-order chi connectivity index (χ0) is 21.0. The van der Waals surface area contributed by atoms with Crippen LogP contribution in [0, 0.1) is 0 Å². The van der Waals surface area contributed by atoms with Crippen LogP contribution in [0.1, 0.15) is 5.82 Å². The molecule has 0 spiro atoms. The molecule has 0 N–H and O–H groups in total. The van der Waals surface area contributed by atoms with Gasteiger partial charge in [-0.05, 0) is 47.8 Å². The van der Waals surface area contributed by atoms with E-state index in [1.807, 2.05) is 57.8 Å². The standard InChI is InChI=1S/C21H16N6O2S2/c1-28-17-4-2-16(3-5-17)27-19(14-6-9-22-10-7-14)24-25-21(27)31-13-18-23-20(29-26-18)15-8-11-30-12-15/h2-12H,13H2,1H3. The highest BCUT2D eigenvalue weighted by Crippen LogP contribution is 2.30. The first-order valence-corrected chi connectivity index (χ1v) is 11.2. The largest absolute Gasteiger partial charge is 0.497 e. The molecule has 0 aliphatic rings. The summed E-state index contributed by atoms with van der Waals surface area (Å²) in [6.07, 6.45) is 3.47. The van der Waals surface area contributed by atoms with Gasteiger partial charge in [-0.1, -0.05) is 16.9 Å². The van der Waals surface area contributed by atoms with E-state index in [2.05, 4.69) is 25.3 Å². The van der Waals surface area contributed by atoms with E-state index in [1.165, 1.54) is 11.8 Å². The third-order valence-electron chi connectivity index (χ3n) is 4.47. The average Bonchev–Trinajstić information content (AvgIpc) is 3.59. The Labute approximate surface area is 185 Å². The summed E-state index contributed by atoms with van der Waals surface area (Å²) in [5.41, 5.74) is 2.77. The summed E-state index contributed by atoms with van der Waals surface area (Å²) in [6.45, 7) is 0. The third kappa shape index (κ3) is 4.07. The zero-order valence-corrected chi connectivity index (χ0v) is 18.0. The maximum absolute atomic E-state index is 5.38. The maximum atomic E-state index is 5.38. The number of rotatable bonds is 7. The number of nitrogens with zero attached hydrogens (tertiary/aromatic N) is 6. The van der Waals surface area contributed by atoms with Gasteiger partial charge in [0.1, 0.15) is 5.75 Å². The maximum Gasteiger partial charge on any atom is 0.258 e. The molecule has 0 saturated carbocycles. The first-order valence-electron chi connectivity index (χ1n) is 9.30. The van der Waals surface area contributed by atoms with Gasteiger partial charge in [0.25, 0.3) is 5.89 Å². The molecular formula is C21H16N6O2S2. The summed E-state index contributed by atoms with van der Waals surface area (Å²) in [4.78, 5) is 8.58. The molecule has 0 fully saturated rings. The number of thiophene rings is 1. The van der Waals surface area contributed by atoms with E-state index in [1.54, 1.807) is 30.8 Å². The molecule has 0 aliphatic heterocycles. The van der Waals surface area contributed by atoms with Crippen molar-refractivity contribution in [3.63, 3.8) is 0 Å². The van der Waals surface area contributed by atoms with Crippen LogP contribution in [0.15, 0.2) is 75.3 Å². The second kappa shape index (κ2) is 8.70. The second-order valence-electron chi connectivity index (χ2n) is 6.39. The van der Waals surface area contributed by atoms with E-state index in [4.69, 9.17) is 9.26 Å². The number of methoxy groups -OCH3 is 1. The van der Waals surface area contributed by atoms with Crippen molar-refractivity contribution in [3.8, 4) is 34.3 Å². The zero-order valence-electron chi connectivity index (χ0n) is 16.4. The van der Waals surface area contributed by atoms with Crippen molar-refractivity contribution in [1.82, 2.24) is 29.9 Å². The molecular weight excluding hydrogens is 432 g/mol. The first kappa shape index (κ1) is 19.5. The van der Waals surface area contributed by atoms with E-state index in [9.17, 15) is 0 Å². The fourth-order valence-corrected chi connectivity index (χ4v) is 4.39. The number of thioether (sulfide) groups is 1. The van der Waals surface area contributed by atoms with Crippen molar-refractivity contribution < 1.29 is 9.26 Å². The molecule has 0 bridgehead atoms. The molecule has 1 aromatic carbocycles. The summed E-state index contributed by atoms with van der Waals surface area (Å²) < 4.78 is 12.7. The van der Waals surface area contributed by atoms with Gasteiger partial charge >= 0.3 is 0 Å². The Morgan fingerprint density at radius 3 is 2.61 bits per heavy atom. The Morgan fingerprint density at radius 1 is 1.03 bits per heavy atom. The van der Waals surface area contributed by atoms with Crippen LogP contribution in [-0.2, 0) is 5.75 Å². The smallest absolute Gasteiger partial charge is 0.258 e. The van der Waals surface area contributed by atoms with Crippen LogP contribution in [-0.4, -0.2) is 37.0 Å². The fourth-order valence-electron chi connectivity index (χ4n) is 2.96. The molecule has 0 atom stereocenters. The number of hydrogen-bond acceptors (Lipinski definition) is 9. The van der Waals surface area contributed by atoms with Gasteiger partial charge in [0, 0.05) is 29.0 Å². The Hall–Kier alpha value is -3.50. The Bertz CT molecular complexity index is 1270. The predicted octanol–water partition coefficient (Wildman–Crippen LogP) is 4.74. The molecule has 0 saturated heterocycles. The second-order valence-corrected chi connectivity index (χ2v) is 8.11. The lowest BCUT2D eigenvalue weighted by atomic mass is 10.2. The summed E-state index contributed by atoms with van der Waals surface area (Å²) in [7, 11) is 1.65. The van der Waals surface area contributed by atoms with Crippen molar-refractivity contribution >= 4 is 23.1 Å². The van der Waals surface area contributed by atoms with E-state index < -0.39 is 0 Å². The quantitative estimate of drug-likeness (QED) is 0.330. The number of ether oxygens (including phenoxy) is 1. The van der Waals surface area contributed by atoms with E-state index in [0.717, 1.165) is 33.5 Å². The average molecular weight is 449 g/mol. The van der Waals surface area contributed by atoms with Gasteiger partial charge < -0.3 is 9.26 Å². The highest BCUT2D eigenvalue weighted by molar-refractivity contribution is 7.98. The minimum atomic E-state index is 0.498. The number of hydrogen-bond donors (Lipinski definition) is 0. The van der Waals surface area contributed by atoms with Crippen molar-refractivity contribution in [2.45, 2.75) is 10.9 Å². The van der Waals surface area contributed by atoms with Crippen LogP contribution in [0.3, 0.4) is 0 Å². The van der Waals surface area contributed by atoms with E-state index in [0.29, 0.717) is 17.5 Å². The lowest BCUT2D eigenvalue weighted by molar-refractivity contribution is 0.414. The minimum absolute atomic E-state index is 0.498. The SMILES string of the molecule is COc1ccc(-n2c(SCc3noc(-c4ccsc4)n3)nnc2-c2ccncc2)cc1. The summed E-state index contributed by atoms with van der Waals surface area (Å²) in [5.74, 6) is 3.12. The van der Waals surface area contributed by atoms with Gasteiger partial charge in [0.05, 0.1) is 18.4 Å². The topological polar surface area (TPSA) is 91.8 Å². The molecule has 8 nitrogen and oxygen atoms in total. The van der Waals surface area contributed by atoms with Gasteiger partial charge in [-0.2, -0.15) is 16.3 Å². The van der Waals surface area contributed by atoms with Gasteiger partial charge in [-0.15, -0.1) is 10.2 Å². The summed E-state index contributed by atoms with van der Waals surface area (Å²) in [6, 6.07) is 13.5. The van der Waals surface area contributed by atoms with Crippen LogP contribution in [0.2, 0.25) is 0 Å². The van der Waals surface area contributed by atoms with Gasteiger partial charge in [0.2, 0.25) is 0 Å². The number of benzene rings is 1. The molecule has 31 heavy (non-hydrogen) atoms. The number of pyridine rings is 1. The first-order chi connectivity index (χ1) is 15.3. The molecule has 4 aromatic heterocycles. The van der Waals surface area contributed by atoms with E-state index >= 15 is 0 Å². The van der Waals surface area contributed by atoms with Crippen molar-refractivity contribution in [3.05, 3.63) is 71.4 Å². The molecule has 4 heterocycles. The molecule has 154 valence electrons. The molecule has 5 rings (SSSR count). The lowest BCUT2D eigenvalue weighted by Gasteiger charge is -2.10. The molecule has 0 amide bonds. The highest BCUT2D eigenvalue weighted by Gasteiger charge is 2.18. The van der Waals surface area contributed by atoms with Crippen LogP contribution in [0.25, 0.3) is 28.5 Å². The molecule has 10 heteroatoms. The predicted molar refractivity (Wildman–Crippen MR) is 118 cm³/mol. The summed E-state index contributed by atoms with van der Waals surface area (Å²) in [5, 5.41) is 17.6. The fraction of sp³-hybridized carbons (Fsp3) is 0.0952. The van der Waals surface area contributed by atoms with Gasteiger partial charge in [0.15, 0.2) is 16.8 Å². The van der Waals surface area contributed by atoms with Crippen LogP contribution >= 0.6 is 23.1 Å². The Balaban J connectivity index is 1.46. The molecule has 5 aromatic rings. The Kier molecular flexibility index (Phi) is 5.46.